The van der Waals surface area contributed by atoms with Gasteiger partial charge in [-0.2, -0.15) is 0 Å². The van der Waals surface area contributed by atoms with E-state index >= 15 is 0 Å². The van der Waals surface area contributed by atoms with Gasteiger partial charge >= 0.3 is 0 Å². The van der Waals surface area contributed by atoms with Crippen LogP contribution in [-0.4, -0.2) is 0 Å². The normalized spacial score (nSPS) is 9.17. The molecule has 1 rings (SSSR count). The highest BCUT2D eigenvalue weighted by Gasteiger charge is 1.96. The molecule has 62 valence electrons. The molecule has 0 N–H and O–H groups in total. The first kappa shape index (κ1) is 9.31. The van der Waals surface area contributed by atoms with Gasteiger partial charge in [-0.25, -0.2) is 0 Å². The molecular weight excluding hydrogens is 212 g/mol. The summed E-state index contributed by atoms with van der Waals surface area (Å²) in [5.74, 6) is 0. The van der Waals surface area contributed by atoms with Gasteiger partial charge in [0.1, 0.15) is 0 Å². The third kappa shape index (κ3) is 2.10. The Morgan fingerprint density at radius 3 is 2.42 bits per heavy atom. The fourth-order valence-electron chi connectivity index (χ4n) is 1.08. The van der Waals surface area contributed by atoms with E-state index in [2.05, 4.69) is 47.3 Å². The van der Waals surface area contributed by atoms with E-state index < -0.39 is 0 Å². The van der Waals surface area contributed by atoms with Crippen LogP contribution in [0.25, 0.3) is 5.57 Å². The molecular formula is C11H11Br. The number of benzene rings is 1. The van der Waals surface area contributed by atoms with Crippen molar-refractivity contribution in [2.75, 3.05) is 0 Å². The first-order chi connectivity index (χ1) is 5.77. The van der Waals surface area contributed by atoms with Crippen molar-refractivity contribution >= 4 is 21.5 Å². The minimum absolute atomic E-state index is 0.977. The Kier molecular flexibility index (Phi) is 3.33. The average molecular weight is 223 g/mol. The molecule has 1 aromatic carbocycles. The van der Waals surface area contributed by atoms with Crippen molar-refractivity contribution in [1.82, 2.24) is 0 Å². The summed E-state index contributed by atoms with van der Waals surface area (Å²) in [6.07, 6.45) is 0.977. The summed E-state index contributed by atoms with van der Waals surface area (Å²) in [5.41, 5.74) is 5.31. The number of hydrogen-bond acceptors (Lipinski definition) is 0. The molecule has 0 nitrogen and oxygen atoms in total. The van der Waals surface area contributed by atoms with Crippen LogP contribution in [0.3, 0.4) is 0 Å². The molecule has 12 heavy (non-hydrogen) atoms. The lowest BCUT2D eigenvalue weighted by molar-refractivity contribution is 1.24. The van der Waals surface area contributed by atoms with Gasteiger partial charge in [0.25, 0.3) is 0 Å². The molecule has 0 atom stereocenters. The van der Waals surface area contributed by atoms with Gasteiger partial charge in [-0.1, -0.05) is 41.6 Å². The molecule has 0 heterocycles. The molecule has 1 aromatic rings. The van der Waals surface area contributed by atoms with Crippen molar-refractivity contribution in [3.8, 4) is 0 Å². The van der Waals surface area contributed by atoms with Crippen LogP contribution in [0.1, 0.15) is 18.9 Å². The molecule has 1 heteroatoms. The fraction of sp³-hybridized carbons (Fsp3) is 0.182. The third-order valence-corrected chi connectivity index (χ3v) is 2.29. The Morgan fingerprint density at radius 2 is 2.00 bits per heavy atom. The number of allylic oxidation sites excluding steroid dienone is 1. The summed E-state index contributed by atoms with van der Waals surface area (Å²) >= 11 is 3.39. The van der Waals surface area contributed by atoms with Gasteiger partial charge < -0.3 is 0 Å². The lowest BCUT2D eigenvalue weighted by atomic mass is 10.1. The largest absolute Gasteiger partial charge is 0.125 e. The van der Waals surface area contributed by atoms with Crippen LogP contribution < -0.4 is 0 Å². The molecule has 0 saturated carbocycles. The van der Waals surface area contributed by atoms with Crippen LogP contribution in [0.4, 0.5) is 0 Å². The molecule has 0 amide bonds. The minimum Gasteiger partial charge on any atom is -0.125 e. The molecule has 0 aromatic heterocycles. The van der Waals surface area contributed by atoms with Crippen molar-refractivity contribution in [2.45, 2.75) is 13.3 Å². The standard InChI is InChI=1S/C11H11Br/c1-3-9(4-2)10-5-7-11(12)8-6-10/h5-8H,1,4H2,2H3. The maximum absolute atomic E-state index is 3.66. The van der Waals surface area contributed by atoms with Crippen molar-refractivity contribution in [2.24, 2.45) is 0 Å². The van der Waals surface area contributed by atoms with Crippen molar-refractivity contribution in [3.63, 3.8) is 0 Å². The van der Waals surface area contributed by atoms with E-state index in [9.17, 15) is 0 Å². The second kappa shape index (κ2) is 4.30. The van der Waals surface area contributed by atoms with Gasteiger partial charge in [0.05, 0.1) is 0 Å². The minimum atomic E-state index is 0.977. The van der Waals surface area contributed by atoms with Gasteiger partial charge in [-0.3, -0.25) is 0 Å². The van der Waals surface area contributed by atoms with Crippen LogP contribution in [-0.2, 0) is 0 Å². The molecule has 0 aliphatic carbocycles. The van der Waals surface area contributed by atoms with Gasteiger partial charge in [-0.15, -0.1) is 5.73 Å². The van der Waals surface area contributed by atoms with E-state index in [0.717, 1.165) is 10.9 Å². The maximum Gasteiger partial charge on any atom is 0.0175 e. The predicted octanol–water partition coefficient (Wildman–Crippen LogP) is 4.03. The van der Waals surface area contributed by atoms with Crippen LogP contribution in [0.5, 0.6) is 0 Å². The lowest BCUT2D eigenvalue weighted by Gasteiger charge is -2.00. The highest BCUT2D eigenvalue weighted by atomic mass is 79.9. The zero-order valence-electron chi connectivity index (χ0n) is 7.10. The van der Waals surface area contributed by atoms with Gasteiger partial charge in [-0.05, 0) is 24.1 Å². The zero-order chi connectivity index (χ0) is 8.97. The first-order valence-corrected chi connectivity index (χ1v) is 4.72. The second-order valence-corrected chi connectivity index (χ2v) is 3.43. The van der Waals surface area contributed by atoms with Crippen molar-refractivity contribution < 1.29 is 0 Å². The summed E-state index contributed by atoms with van der Waals surface area (Å²) in [7, 11) is 0. The van der Waals surface area contributed by atoms with Crippen molar-refractivity contribution in [3.05, 3.63) is 46.6 Å². The maximum atomic E-state index is 3.66. The summed E-state index contributed by atoms with van der Waals surface area (Å²) in [5, 5.41) is 0. The van der Waals surface area contributed by atoms with Crippen LogP contribution in [0.15, 0.2) is 41.0 Å². The molecule has 0 aliphatic rings. The van der Waals surface area contributed by atoms with Gasteiger partial charge in [0.2, 0.25) is 0 Å². The Bertz CT molecular complexity index is 302. The second-order valence-electron chi connectivity index (χ2n) is 2.52. The molecule has 0 spiro atoms. The van der Waals surface area contributed by atoms with E-state index in [1.807, 2.05) is 12.1 Å². The van der Waals surface area contributed by atoms with Crippen LogP contribution >= 0.6 is 15.9 Å². The number of hydrogen-bond donors (Lipinski definition) is 0. The average Bonchev–Trinajstić information content (AvgIpc) is 2.10. The lowest BCUT2D eigenvalue weighted by Crippen LogP contribution is -1.79. The molecule has 0 aliphatic heterocycles. The summed E-state index contributed by atoms with van der Waals surface area (Å²) in [6, 6.07) is 8.20. The molecule has 0 saturated heterocycles. The SMILES string of the molecule is C=C=C(CC)c1ccc(Br)cc1. The highest BCUT2D eigenvalue weighted by molar-refractivity contribution is 9.10. The Labute approximate surface area is 81.7 Å². The molecule has 0 radical (unpaired) electrons. The van der Waals surface area contributed by atoms with E-state index in [0.29, 0.717) is 0 Å². The van der Waals surface area contributed by atoms with Gasteiger partial charge in [0, 0.05) is 10.0 Å². The first-order valence-electron chi connectivity index (χ1n) is 3.92. The topological polar surface area (TPSA) is 0 Å². The number of halogens is 1. The smallest absolute Gasteiger partial charge is 0.0175 e. The summed E-state index contributed by atoms with van der Waals surface area (Å²) < 4.78 is 1.10. The van der Waals surface area contributed by atoms with E-state index in [-0.39, 0.29) is 0 Å². The van der Waals surface area contributed by atoms with E-state index in [4.69, 9.17) is 0 Å². The van der Waals surface area contributed by atoms with Crippen LogP contribution in [0.2, 0.25) is 0 Å². The predicted molar refractivity (Wildman–Crippen MR) is 57.0 cm³/mol. The Balaban J connectivity index is 3.04. The summed E-state index contributed by atoms with van der Waals surface area (Å²) in [6.45, 7) is 5.76. The monoisotopic (exact) mass is 222 g/mol. The molecule has 0 unspecified atom stereocenters. The zero-order valence-corrected chi connectivity index (χ0v) is 8.69. The summed E-state index contributed by atoms with van der Waals surface area (Å²) in [4.78, 5) is 0. The van der Waals surface area contributed by atoms with E-state index in [1.54, 1.807) is 0 Å². The molecule has 0 fully saturated rings. The Morgan fingerprint density at radius 1 is 1.42 bits per heavy atom. The number of rotatable bonds is 2. The van der Waals surface area contributed by atoms with E-state index in [1.165, 1.54) is 11.1 Å². The van der Waals surface area contributed by atoms with Crippen molar-refractivity contribution in [1.29, 1.82) is 0 Å². The Hall–Kier alpha value is -0.780. The highest BCUT2D eigenvalue weighted by Crippen LogP contribution is 2.18. The van der Waals surface area contributed by atoms with Gasteiger partial charge in [0.15, 0.2) is 0 Å². The van der Waals surface area contributed by atoms with Crippen LogP contribution in [0, 0.1) is 0 Å². The third-order valence-electron chi connectivity index (χ3n) is 1.76. The quantitative estimate of drug-likeness (QED) is 0.664. The molecule has 0 bridgehead atoms. The fourth-order valence-corrected chi connectivity index (χ4v) is 1.35.